The Balaban J connectivity index is 1.58. The van der Waals surface area contributed by atoms with Crippen molar-refractivity contribution in [3.8, 4) is 6.07 Å². The molecule has 33 heavy (non-hydrogen) atoms. The number of benzene rings is 1. The number of halogens is 1. The van der Waals surface area contributed by atoms with Crippen molar-refractivity contribution < 1.29 is 0 Å². The van der Waals surface area contributed by atoms with Gasteiger partial charge in [0.05, 0.1) is 17.2 Å². The zero-order valence-corrected chi connectivity index (χ0v) is 18.5. The van der Waals surface area contributed by atoms with Crippen molar-refractivity contribution in [3.63, 3.8) is 0 Å². The number of aromatic nitrogens is 4. The fourth-order valence-corrected chi connectivity index (χ4v) is 4.12. The molecule has 3 aromatic heterocycles. The maximum atomic E-state index is 12.7. The van der Waals surface area contributed by atoms with Crippen molar-refractivity contribution in [2.45, 2.75) is 18.9 Å². The number of nitrogens with zero attached hydrogens (tertiary/aromatic N) is 5. The van der Waals surface area contributed by atoms with Crippen LogP contribution in [0.15, 0.2) is 59.8 Å². The average molecular weight is 458 g/mol. The topological polar surface area (TPSA) is 109 Å². The van der Waals surface area contributed by atoms with E-state index in [1.807, 2.05) is 18.2 Å². The first-order valence-electron chi connectivity index (χ1n) is 10.5. The van der Waals surface area contributed by atoms with Crippen LogP contribution >= 0.6 is 11.6 Å². The van der Waals surface area contributed by atoms with E-state index in [-0.39, 0.29) is 22.3 Å². The first kappa shape index (κ1) is 20.9. The van der Waals surface area contributed by atoms with Gasteiger partial charge in [-0.05, 0) is 49.1 Å². The number of fused-ring (bicyclic) bond motifs is 1. The molecule has 0 aliphatic heterocycles. The summed E-state index contributed by atoms with van der Waals surface area (Å²) in [6.45, 7) is 0. The molecule has 5 rings (SSSR count). The lowest BCUT2D eigenvalue weighted by atomic mass is 10.1. The van der Waals surface area contributed by atoms with E-state index < -0.39 is 0 Å². The largest absolute Gasteiger partial charge is 0.374 e. The third-order valence-electron chi connectivity index (χ3n) is 5.81. The van der Waals surface area contributed by atoms with Crippen molar-refractivity contribution >= 4 is 39.6 Å². The molecule has 0 spiro atoms. The minimum Gasteiger partial charge on any atom is -0.374 e. The Labute approximate surface area is 194 Å². The predicted octanol–water partition coefficient (Wildman–Crippen LogP) is 4.56. The summed E-state index contributed by atoms with van der Waals surface area (Å²) < 4.78 is 1.61. The van der Waals surface area contributed by atoms with E-state index in [1.54, 1.807) is 48.4 Å². The molecule has 1 aliphatic carbocycles. The molecule has 0 amide bonds. The quantitative estimate of drug-likeness (QED) is 0.408. The molecule has 1 aromatic carbocycles. The van der Waals surface area contributed by atoms with Crippen molar-refractivity contribution in [2.75, 3.05) is 10.6 Å². The van der Waals surface area contributed by atoms with Gasteiger partial charge in [0.2, 0.25) is 0 Å². The van der Waals surface area contributed by atoms with Gasteiger partial charge in [-0.2, -0.15) is 5.26 Å². The van der Waals surface area contributed by atoms with Gasteiger partial charge in [-0.15, -0.1) is 0 Å². The molecular formula is C24H20ClN7O. The molecule has 0 saturated heterocycles. The van der Waals surface area contributed by atoms with Crippen LogP contribution in [0.5, 0.6) is 0 Å². The molecule has 1 fully saturated rings. The van der Waals surface area contributed by atoms with Gasteiger partial charge in [0.25, 0.3) is 5.56 Å². The molecule has 1 aliphatic rings. The smallest absolute Gasteiger partial charge is 0.252 e. The van der Waals surface area contributed by atoms with Crippen LogP contribution in [0.2, 0.25) is 5.15 Å². The standard InChI is InChI=1S/C24H20ClN7O/c1-32-20-6-5-15(30-18-7-10-27-23(25)17(18)13-26)11-16(20)19(12-21(32)33)31-22(14-3-4-14)24-28-8-2-9-29-24/h2,5-12,14,22,31H,3-4H2,1H3,(H,27,30). The highest BCUT2D eigenvalue weighted by Gasteiger charge is 2.34. The molecule has 3 heterocycles. The Morgan fingerprint density at radius 1 is 1.12 bits per heavy atom. The zero-order chi connectivity index (χ0) is 22.9. The number of hydrogen-bond donors (Lipinski definition) is 2. The molecule has 0 radical (unpaired) electrons. The van der Waals surface area contributed by atoms with Gasteiger partial charge < -0.3 is 15.2 Å². The van der Waals surface area contributed by atoms with Gasteiger partial charge in [0.1, 0.15) is 16.8 Å². The average Bonchev–Trinajstić information content (AvgIpc) is 3.66. The third kappa shape index (κ3) is 4.11. The summed E-state index contributed by atoms with van der Waals surface area (Å²) in [7, 11) is 1.75. The van der Waals surface area contributed by atoms with Crippen LogP contribution in [0.4, 0.5) is 17.1 Å². The third-order valence-corrected chi connectivity index (χ3v) is 6.10. The summed E-state index contributed by atoms with van der Waals surface area (Å²) in [5, 5.41) is 17.2. The molecule has 4 aromatic rings. The highest BCUT2D eigenvalue weighted by Crippen LogP contribution is 2.42. The molecule has 9 heteroatoms. The van der Waals surface area contributed by atoms with E-state index in [4.69, 9.17) is 11.6 Å². The Kier molecular flexibility index (Phi) is 5.40. The Morgan fingerprint density at radius 2 is 1.91 bits per heavy atom. The Morgan fingerprint density at radius 3 is 2.64 bits per heavy atom. The molecule has 1 unspecified atom stereocenters. The van der Waals surface area contributed by atoms with Gasteiger partial charge >= 0.3 is 0 Å². The zero-order valence-electron chi connectivity index (χ0n) is 17.8. The summed E-state index contributed by atoms with van der Waals surface area (Å²) >= 11 is 6.07. The fraction of sp³-hybridized carbons (Fsp3) is 0.208. The van der Waals surface area contributed by atoms with E-state index in [0.29, 0.717) is 17.4 Å². The fourth-order valence-electron chi connectivity index (χ4n) is 3.92. The highest BCUT2D eigenvalue weighted by atomic mass is 35.5. The lowest BCUT2D eigenvalue weighted by Gasteiger charge is -2.20. The molecule has 164 valence electrons. The molecular weight excluding hydrogens is 438 g/mol. The van der Waals surface area contributed by atoms with Crippen LogP contribution in [0, 0.1) is 17.2 Å². The summed E-state index contributed by atoms with van der Waals surface area (Å²) in [5.41, 5.74) is 2.98. The molecule has 1 saturated carbocycles. The Hall–Kier alpha value is -3.96. The van der Waals surface area contributed by atoms with Crippen LogP contribution in [0.1, 0.15) is 30.3 Å². The monoisotopic (exact) mass is 457 g/mol. The van der Waals surface area contributed by atoms with E-state index in [0.717, 1.165) is 35.1 Å². The molecule has 2 N–H and O–H groups in total. The van der Waals surface area contributed by atoms with Crippen LogP contribution in [0.25, 0.3) is 10.9 Å². The number of nitriles is 1. The summed E-state index contributed by atoms with van der Waals surface area (Å²) in [6.07, 6.45) is 7.19. The second-order valence-electron chi connectivity index (χ2n) is 8.01. The lowest BCUT2D eigenvalue weighted by Crippen LogP contribution is -2.21. The summed E-state index contributed by atoms with van der Waals surface area (Å²) in [6, 6.07) is 12.8. The van der Waals surface area contributed by atoms with E-state index in [1.165, 1.54) is 0 Å². The van der Waals surface area contributed by atoms with Gasteiger partial charge in [0.15, 0.2) is 5.82 Å². The SMILES string of the molecule is Cn1c(=O)cc(NC(c2ncccn2)C2CC2)c2cc(Nc3ccnc(Cl)c3C#N)ccc21. The number of hydrogen-bond acceptors (Lipinski definition) is 7. The van der Waals surface area contributed by atoms with Crippen molar-refractivity contribution in [3.05, 3.63) is 81.9 Å². The molecule has 0 bridgehead atoms. The Bertz CT molecular complexity index is 1440. The van der Waals surface area contributed by atoms with Crippen LogP contribution in [0.3, 0.4) is 0 Å². The van der Waals surface area contributed by atoms with Crippen LogP contribution in [-0.2, 0) is 7.05 Å². The van der Waals surface area contributed by atoms with E-state index in [2.05, 4.69) is 31.7 Å². The number of aryl methyl sites for hydroxylation is 1. The number of pyridine rings is 2. The first-order chi connectivity index (χ1) is 16.0. The van der Waals surface area contributed by atoms with Gasteiger partial charge in [-0.1, -0.05) is 11.6 Å². The summed E-state index contributed by atoms with van der Waals surface area (Å²) in [4.78, 5) is 25.5. The van der Waals surface area contributed by atoms with E-state index >= 15 is 0 Å². The van der Waals surface area contributed by atoms with Crippen molar-refractivity contribution in [2.24, 2.45) is 13.0 Å². The second-order valence-corrected chi connectivity index (χ2v) is 8.37. The maximum absolute atomic E-state index is 12.7. The predicted molar refractivity (Wildman–Crippen MR) is 128 cm³/mol. The lowest BCUT2D eigenvalue weighted by molar-refractivity contribution is 0.634. The van der Waals surface area contributed by atoms with Crippen molar-refractivity contribution in [1.29, 1.82) is 5.26 Å². The summed E-state index contributed by atoms with van der Waals surface area (Å²) in [5.74, 6) is 1.14. The van der Waals surface area contributed by atoms with Crippen LogP contribution < -0.4 is 16.2 Å². The highest BCUT2D eigenvalue weighted by molar-refractivity contribution is 6.31. The van der Waals surface area contributed by atoms with E-state index in [9.17, 15) is 10.1 Å². The minimum atomic E-state index is -0.109. The number of nitrogens with one attached hydrogen (secondary N) is 2. The number of anilines is 3. The number of rotatable bonds is 6. The van der Waals surface area contributed by atoms with Gasteiger partial charge in [-0.25, -0.2) is 15.0 Å². The van der Waals surface area contributed by atoms with Crippen molar-refractivity contribution in [1.82, 2.24) is 19.5 Å². The molecule has 8 nitrogen and oxygen atoms in total. The van der Waals surface area contributed by atoms with Crippen LogP contribution in [-0.4, -0.2) is 19.5 Å². The molecule has 1 atom stereocenters. The normalized spacial score (nSPS) is 14.0. The van der Waals surface area contributed by atoms with Gasteiger partial charge in [0, 0.05) is 48.5 Å². The second kappa shape index (κ2) is 8.52. The maximum Gasteiger partial charge on any atom is 0.252 e. The minimum absolute atomic E-state index is 0.0812. The first-order valence-corrected chi connectivity index (χ1v) is 10.9. The van der Waals surface area contributed by atoms with Gasteiger partial charge in [-0.3, -0.25) is 4.79 Å².